The van der Waals surface area contributed by atoms with E-state index in [2.05, 4.69) is 24.2 Å². The van der Waals surface area contributed by atoms with Gasteiger partial charge in [0.25, 0.3) is 0 Å². The molecule has 1 aliphatic heterocycles. The number of aromatic nitrogens is 2. The first-order chi connectivity index (χ1) is 14.1. The van der Waals surface area contributed by atoms with Crippen molar-refractivity contribution in [1.82, 2.24) is 14.7 Å². The Kier molecular flexibility index (Phi) is 5.65. The molecule has 0 aliphatic carbocycles. The number of hydrogen-bond acceptors (Lipinski definition) is 3. The van der Waals surface area contributed by atoms with Gasteiger partial charge in [-0.05, 0) is 57.4 Å². The Bertz CT molecular complexity index is 967. The third kappa shape index (κ3) is 4.19. The number of piperidine rings is 1. The molecule has 0 bridgehead atoms. The molecule has 1 aromatic heterocycles. The van der Waals surface area contributed by atoms with E-state index in [4.69, 9.17) is 4.74 Å². The van der Waals surface area contributed by atoms with E-state index in [-0.39, 0.29) is 18.2 Å². The van der Waals surface area contributed by atoms with Gasteiger partial charge in [0.15, 0.2) is 0 Å². The normalized spacial score (nSPS) is 17.7. The zero-order valence-electron chi connectivity index (χ0n) is 17.0. The van der Waals surface area contributed by atoms with Crippen LogP contribution in [-0.2, 0) is 0 Å². The number of rotatable bonds is 4. The molecular formula is C24H27N3O2. The van der Waals surface area contributed by atoms with E-state index in [1.807, 2.05) is 60.4 Å². The number of carbonyl (C=O) groups excluding carboxylic acids is 1. The molecule has 0 N–H and O–H groups in total. The zero-order chi connectivity index (χ0) is 20.2. The quantitative estimate of drug-likeness (QED) is 0.620. The summed E-state index contributed by atoms with van der Waals surface area (Å²) < 4.78 is 7.69. The average Bonchev–Trinajstić information content (AvgIpc) is 3.24. The van der Waals surface area contributed by atoms with Crippen molar-refractivity contribution in [2.45, 2.75) is 45.3 Å². The van der Waals surface area contributed by atoms with Gasteiger partial charge in [-0.1, -0.05) is 42.0 Å². The molecule has 1 saturated heterocycles. The second kappa shape index (κ2) is 8.52. The first-order valence-corrected chi connectivity index (χ1v) is 10.3. The molecule has 150 valence electrons. The maximum atomic E-state index is 13.5. The van der Waals surface area contributed by atoms with E-state index in [0.717, 1.165) is 48.4 Å². The third-order valence-corrected chi connectivity index (χ3v) is 5.54. The Balaban J connectivity index is 1.58. The van der Waals surface area contributed by atoms with E-state index < -0.39 is 0 Å². The van der Waals surface area contributed by atoms with E-state index in [9.17, 15) is 4.79 Å². The number of likely N-dealkylation sites (tertiary alicyclic amines) is 1. The van der Waals surface area contributed by atoms with Crippen LogP contribution in [0.3, 0.4) is 0 Å². The number of benzene rings is 2. The molecule has 5 heteroatoms. The van der Waals surface area contributed by atoms with Gasteiger partial charge >= 0.3 is 6.03 Å². The van der Waals surface area contributed by atoms with Gasteiger partial charge < -0.3 is 9.64 Å². The average molecular weight is 389 g/mol. The Hall–Kier alpha value is -3.08. The molecule has 1 amide bonds. The molecule has 0 spiro atoms. The Morgan fingerprint density at radius 3 is 2.72 bits per heavy atom. The summed E-state index contributed by atoms with van der Waals surface area (Å²) >= 11 is 0. The fourth-order valence-electron chi connectivity index (χ4n) is 4.08. The van der Waals surface area contributed by atoms with E-state index in [0.29, 0.717) is 0 Å². The Morgan fingerprint density at radius 1 is 1.10 bits per heavy atom. The standard InChI is InChI=1S/C24H27N3O2/c1-18-9-8-10-20(17-18)23-14-15-25-27(23)24(28)26-16-7-6-13-22(26)19(2)29-21-11-4-3-5-12-21/h3-5,8-12,14-15,17,19,22H,6-7,13,16H2,1-2H3. The summed E-state index contributed by atoms with van der Waals surface area (Å²) in [5, 5.41) is 4.36. The summed E-state index contributed by atoms with van der Waals surface area (Å²) in [5.41, 5.74) is 2.97. The first-order valence-electron chi connectivity index (χ1n) is 10.3. The largest absolute Gasteiger partial charge is 0.489 e. The SMILES string of the molecule is Cc1cccc(-c2ccnn2C(=O)N2CCCCC2C(C)Oc2ccccc2)c1. The van der Waals surface area contributed by atoms with Crippen LogP contribution in [0, 0.1) is 6.92 Å². The number of carbonyl (C=O) groups is 1. The van der Waals surface area contributed by atoms with Crippen LogP contribution in [0.25, 0.3) is 11.3 Å². The number of ether oxygens (including phenoxy) is 1. The van der Waals surface area contributed by atoms with Crippen LogP contribution in [-0.4, -0.2) is 39.4 Å². The fraction of sp³-hybridized carbons (Fsp3) is 0.333. The molecule has 2 atom stereocenters. The summed E-state index contributed by atoms with van der Waals surface area (Å²) in [4.78, 5) is 15.4. The van der Waals surface area contributed by atoms with Crippen molar-refractivity contribution in [2.75, 3.05) is 6.54 Å². The van der Waals surface area contributed by atoms with Gasteiger partial charge in [-0.2, -0.15) is 9.78 Å². The Morgan fingerprint density at radius 2 is 1.93 bits per heavy atom. The topological polar surface area (TPSA) is 47.4 Å². The van der Waals surface area contributed by atoms with E-state index >= 15 is 0 Å². The first kappa shape index (κ1) is 19.2. The summed E-state index contributed by atoms with van der Waals surface area (Å²) in [7, 11) is 0. The smallest absolute Gasteiger partial charge is 0.345 e. The molecule has 4 rings (SSSR count). The van der Waals surface area contributed by atoms with Crippen molar-refractivity contribution in [3.63, 3.8) is 0 Å². The molecule has 2 aromatic carbocycles. The van der Waals surface area contributed by atoms with Gasteiger partial charge in [-0.3, -0.25) is 0 Å². The molecule has 2 heterocycles. The van der Waals surface area contributed by atoms with Gasteiger partial charge in [-0.15, -0.1) is 0 Å². The maximum Gasteiger partial charge on any atom is 0.345 e. The van der Waals surface area contributed by atoms with Crippen LogP contribution in [0.1, 0.15) is 31.7 Å². The predicted octanol–water partition coefficient (Wildman–Crippen LogP) is 5.15. The molecule has 1 aliphatic rings. The molecule has 5 nitrogen and oxygen atoms in total. The molecule has 29 heavy (non-hydrogen) atoms. The molecule has 0 saturated carbocycles. The zero-order valence-corrected chi connectivity index (χ0v) is 17.0. The van der Waals surface area contributed by atoms with E-state index in [1.54, 1.807) is 6.20 Å². The highest BCUT2D eigenvalue weighted by atomic mass is 16.5. The summed E-state index contributed by atoms with van der Waals surface area (Å²) in [6.45, 7) is 4.82. The minimum absolute atomic E-state index is 0.0195. The molecule has 2 unspecified atom stereocenters. The molecule has 1 fully saturated rings. The van der Waals surface area contributed by atoms with Crippen molar-refractivity contribution in [2.24, 2.45) is 0 Å². The van der Waals surface area contributed by atoms with Gasteiger partial charge in [-0.25, -0.2) is 4.79 Å². The van der Waals surface area contributed by atoms with Crippen LogP contribution in [0.5, 0.6) is 5.75 Å². The number of para-hydroxylation sites is 1. The molecular weight excluding hydrogens is 362 g/mol. The lowest BCUT2D eigenvalue weighted by atomic mass is 9.98. The lowest BCUT2D eigenvalue weighted by Gasteiger charge is -2.38. The van der Waals surface area contributed by atoms with Crippen molar-refractivity contribution < 1.29 is 9.53 Å². The predicted molar refractivity (Wildman–Crippen MR) is 114 cm³/mol. The van der Waals surface area contributed by atoms with Gasteiger partial charge in [0.2, 0.25) is 0 Å². The van der Waals surface area contributed by atoms with Crippen LogP contribution in [0.2, 0.25) is 0 Å². The lowest BCUT2D eigenvalue weighted by molar-refractivity contribution is 0.0702. The maximum absolute atomic E-state index is 13.5. The van der Waals surface area contributed by atoms with Crippen molar-refractivity contribution in [1.29, 1.82) is 0 Å². The molecule has 3 aromatic rings. The van der Waals surface area contributed by atoms with Gasteiger partial charge in [0.05, 0.1) is 17.9 Å². The Labute approximate surface area is 171 Å². The van der Waals surface area contributed by atoms with Gasteiger partial charge in [0.1, 0.15) is 11.9 Å². The molecule has 0 radical (unpaired) electrons. The lowest BCUT2D eigenvalue weighted by Crippen LogP contribution is -2.52. The number of nitrogens with zero attached hydrogens (tertiary/aromatic N) is 3. The number of amides is 1. The summed E-state index contributed by atoms with van der Waals surface area (Å²) in [6.07, 6.45) is 4.63. The highest BCUT2D eigenvalue weighted by Gasteiger charge is 2.33. The van der Waals surface area contributed by atoms with Crippen molar-refractivity contribution in [3.05, 3.63) is 72.4 Å². The minimum atomic E-state index is -0.0976. The minimum Gasteiger partial charge on any atom is -0.489 e. The second-order valence-corrected chi connectivity index (χ2v) is 7.67. The highest BCUT2D eigenvalue weighted by Crippen LogP contribution is 2.26. The third-order valence-electron chi connectivity index (χ3n) is 5.54. The van der Waals surface area contributed by atoms with Crippen molar-refractivity contribution in [3.8, 4) is 17.0 Å². The summed E-state index contributed by atoms with van der Waals surface area (Å²) in [6, 6.07) is 19.8. The number of aryl methyl sites for hydroxylation is 1. The summed E-state index contributed by atoms with van der Waals surface area (Å²) in [5.74, 6) is 0.831. The second-order valence-electron chi connectivity index (χ2n) is 7.67. The van der Waals surface area contributed by atoms with Crippen LogP contribution >= 0.6 is 0 Å². The van der Waals surface area contributed by atoms with Gasteiger partial charge in [0, 0.05) is 12.1 Å². The van der Waals surface area contributed by atoms with Crippen LogP contribution in [0.4, 0.5) is 4.79 Å². The van der Waals surface area contributed by atoms with E-state index in [1.165, 1.54) is 4.68 Å². The fourth-order valence-corrected chi connectivity index (χ4v) is 4.08. The monoisotopic (exact) mass is 389 g/mol. The number of hydrogen-bond donors (Lipinski definition) is 0. The van der Waals surface area contributed by atoms with Crippen LogP contribution < -0.4 is 4.74 Å². The van der Waals surface area contributed by atoms with Crippen molar-refractivity contribution >= 4 is 6.03 Å². The highest BCUT2D eigenvalue weighted by molar-refractivity contribution is 5.82. The van der Waals surface area contributed by atoms with Crippen LogP contribution in [0.15, 0.2) is 66.9 Å².